The molecule has 2 heterocycles. The highest BCUT2D eigenvalue weighted by atomic mass is 32.2. The number of aromatic nitrogens is 4. The van der Waals surface area contributed by atoms with Crippen molar-refractivity contribution in [3.63, 3.8) is 0 Å². The van der Waals surface area contributed by atoms with Crippen LogP contribution in [0.2, 0.25) is 0 Å². The van der Waals surface area contributed by atoms with Crippen LogP contribution in [0.1, 0.15) is 36.5 Å². The summed E-state index contributed by atoms with van der Waals surface area (Å²) in [6.45, 7) is 4.49. The number of thioether (sulfide) groups is 1. The first-order valence-corrected chi connectivity index (χ1v) is 10.4. The van der Waals surface area contributed by atoms with Crippen LogP contribution in [-0.2, 0) is 16.0 Å². The first-order valence-electron chi connectivity index (χ1n) is 9.50. The Labute approximate surface area is 173 Å². The number of benzene rings is 1. The SMILES string of the molecule is CCOC(=O)C(CC)Sc1ccc2nnc(CCNC(=O)c3ccccc3)n2n1. The molecule has 0 aliphatic carbocycles. The summed E-state index contributed by atoms with van der Waals surface area (Å²) in [5.41, 5.74) is 1.22. The first kappa shape index (κ1) is 20.8. The molecule has 29 heavy (non-hydrogen) atoms. The lowest BCUT2D eigenvalue weighted by Gasteiger charge is -2.12. The average molecular weight is 414 g/mol. The first-order chi connectivity index (χ1) is 14.1. The van der Waals surface area contributed by atoms with Crippen molar-refractivity contribution in [3.05, 3.63) is 53.9 Å². The van der Waals surface area contributed by atoms with Gasteiger partial charge in [-0.2, -0.15) is 9.61 Å². The number of amides is 1. The van der Waals surface area contributed by atoms with E-state index in [-0.39, 0.29) is 17.1 Å². The van der Waals surface area contributed by atoms with Gasteiger partial charge in [-0.15, -0.1) is 10.2 Å². The molecule has 0 spiro atoms. The maximum absolute atomic E-state index is 12.1. The number of nitrogens with one attached hydrogen (secondary N) is 1. The molecule has 1 N–H and O–H groups in total. The number of hydrogen-bond donors (Lipinski definition) is 1. The molecule has 0 radical (unpaired) electrons. The normalized spacial score (nSPS) is 11.9. The van der Waals surface area contributed by atoms with E-state index in [9.17, 15) is 9.59 Å². The number of carbonyl (C=O) groups excluding carboxylic acids is 2. The zero-order valence-corrected chi connectivity index (χ0v) is 17.2. The minimum Gasteiger partial charge on any atom is -0.465 e. The zero-order valence-electron chi connectivity index (χ0n) is 16.4. The van der Waals surface area contributed by atoms with E-state index in [1.165, 1.54) is 11.8 Å². The molecule has 0 fully saturated rings. The molecule has 1 aromatic carbocycles. The topological polar surface area (TPSA) is 98.5 Å². The Morgan fingerprint density at radius 3 is 2.66 bits per heavy atom. The van der Waals surface area contributed by atoms with Crippen LogP contribution < -0.4 is 5.32 Å². The summed E-state index contributed by atoms with van der Waals surface area (Å²) in [5, 5.41) is 16.1. The summed E-state index contributed by atoms with van der Waals surface area (Å²) < 4.78 is 6.76. The van der Waals surface area contributed by atoms with E-state index in [1.807, 2.05) is 37.3 Å². The Balaban J connectivity index is 1.66. The van der Waals surface area contributed by atoms with Gasteiger partial charge in [0.2, 0.25) is 0 Å². The van der Waals surface area contributed by atoms with Crippen molar-refractivity contribution in [1.82, 2.24) is 25.1 Å². The molecule has 9 heteroatoms. The summed E-state index contributed by atoms with van der Waals surface area (Å²) in [6.07, 6.45) is 1.12. The third kappa shape index (κ3) is 5.32. The van der Waals surface area contributed by atoms with Crippen molar-refractivity contribution in [1.29, 1.82) is 0 Å². The van der Waals surface area contributed by atoms with Crippen molar-refractivity contribution in [2.45, 2.75) is 37.0 Å². The second-order valence-corrected chi connectivity index (χ2v) is 7.42. The van der Waals surface area contributed by atoms with Gasteiger partial charge in [-0.1, -0.05) is 36.9 Å². The van der Waals surface area contributed by atoms with E-state index in [0.717, 1.165) is 0 Å². The van der Waals surface area contributed by atoms with Gasteiger partial charge in [0.25, 0.3) is 5.91 Å². The second-order valence-electron chi connectivity index (χ2n) is 6.20. The quantitative estimate of drug-likeness (QED) is 0.425. The minimum atomic E-state index is -0.315. The molecular formula is C20H23N5O3S. The molecular weight excluding hydrogens is 390 g/mol. The molecule has 3 aromatic rings. The maximum atomic E-state index is 12.1. The monoisotopic (exact) mass is 413 g/mol. The van der Waals surface area contributed by atoms with Crippen LogP contribution in [0, 0.1) is 0 Å². The molecule has 3 rings (SSSR count). The number of fused-ring (bicyclic) bond motifs is 1. The van der Waals surface area contributed by atoms with E-state index in [1.54, 1.807) is 23.6 Å². The van der Waals surface area contributed by atoms with E-state index < -0.39 is 0 Å². The number of esters is 1. The molecule has 1 unspecified atom stereocenters. The summed E-state index contributed by atoms with van der Waals surface area (Å²) in [5.74, 6) is 0.262. The van der Waals surface area contributed by atoms with Crippen LogP contribution in [0.3, 0.4) is 0 Å². The van der Waals surface area contributed by atoms with Crippen molar-refractivity contribution >= 4 is 29.3 Å². The summed E-state index contributed by atoms with van der Waals surface area (Å²) in [7, 11) is 0. The molecule has 8 nitrogen and oxygen atoms in total. The Kier molecular flexibility index (Phi) is 7.18. The number of hydrogen-bond acceptors (Lipinski definition) is 7. The molecule has 0 bridgehead atoms. The lowest BCUT2D eigenvalue weighted by molar-refractivity contribution is -0.142. The zero-order chi connectivity index (χ0) is 20.6. The van der Waals surface area contributed by atoms with Crippen molar-refractivity contribution in [2.75, 3.05) is 13.2 Å². The molecule has 0 saturated heterocycles. The molecule has 1 amide bonds. The Morgan fingerprint density at radius 1 is 1.14 bits per heavy atom. The van der Waals surface area contributed by atoms with E-state index in [0.29, 0.717) is 48.1 Å². The average Bonchev–Trinajstić information content (AvgIpc) is 3.15. The predicted molar refractivity (Wildman–Crippen MR) is 110 cm³/mol. The van der Waals surface area contributed by atoms with E-state index in [4.69, 9.17) is 4.74 Å². The van der Waals surface area contributed by atoms with Crippen LogP contribution in [0.25, 0.3) is 5.65 Å². The summed E-state index contributed by atoms with van der Waals surface area (Å²) in [4.78, 5) is 24.2. The molecule has 0 aliphatic rings. The van der Waals surface area contributed by atoms with Gasteiger partial charge in [0.05, 0.1) is 6.61 Å². The smallest absolute Gasteiger partial charge is 0.319 e. The van der Waals surface area contributed by atoms with Crippen LogP contribution in [0.15, 0.2) is 47.5 Å². The number of ether oxygens (including phenoxy) is 1. The van der Waals surface area contributed by atoms with E-state index >= 15 is 0 Å². The minimum absolute atomic E-state index is 0.135. The third-order valence-electron chi connectivity index (χ3n) is 4.16. The Morgan fingerprint density at radius 2 is 1.93 bits per heavy atom. The van der Waals surface area contributed by atoms with Crippen molar-refractivity contribution in [3.8, 4) is 0 Å². The lowest BCUT2D eigenvalue weighted by Crippen LogP contribution is -2.26. The molecule has 1 atom stereocenters. The Bertz CT molecular complexity index is 977. The fraction of sp³-hybridized carbons (Fsp3) is 0.350. The molecule has 152 valence electrons. The van der Waals surface area contributed by atoms with E-state index in [2.05, 4.69) is 20.6 Å². The van der Waals surface area contributed by atoms with Gasteiger partial charge in [0.1, 0.15) is 10.3 Å². The molecule has 0 saturated carbocycles. The fourth-order valence-electron chi connectivity index (χ4n) is 2.69. The second kappa shape index (κ2) is 10.0. The maximum Gasteiger partial charge on any atom is 0.319 e. The van der Waals surface area contributed by atoms with Crippen LogP contribution in [0.5, 0.6) is 0 Å². The van der Waals surface area contributed by atoms with Gasteiger partial charge in [-0.25, -0.2) is 0 Å². The van der Waals surface area contributed by atoms with Gasteiger partial charge >= 0.3 is 5.97 Å². The largest absolute Gasteiger partial charge is 0.465 e. The number of carbonyl (C=O) groups is 2. The van der Waals surface area contributed by atoms with Gasteiger partial charge < -0.3 is 10.1 Å². The summed E-state index contributed by atoms with van der Waals surface area (Å²) >= 11 is 1.36. The number of nitrogens with zero attached hydrogens (tertiary/aromatic N) is 4. The lowest BCUT2D eigenvalue weighted by atomic mass is 10.2. The molecule has 0 aliphatic heterocycles. The highest BCUT2D eigenvalue weighted by molar-refractivity contribution is 8.00. The van der Waals surface area contributed by atoms with Crippen LogP contribution in [0.4, 0.5) is 0 Å². The number of rotatable bonds is 9. The predicted octanol–water partition coefficient (Wildman–Crippen LogP) is 2.53. The third-order valence-corrected chi connectivity index (χ3v) is 5.43. The summed E-state index contributed by atoms with van der Waals surface area (Å²) in [6, 6.07) is 12.7. The van der Waals surface area contributed by atoms with Gasteiger partial charge in [0, 0.05) is 18.5 Å². The standard InChI is InChI=1S/C20H23N5O3S/c1-3-15(20(27)28-4-2)29-18-11-10-16-22-23-17(25(16)24-18)12-13-21-19(26)14-8-6-5-7-9-14/h5-11,15H,3-4,12-13H2,1-2H3,(H,21,26). The van der Waals surface area contributed by atoms with Gasteiger partial charge in [0.15, 0.2) is 11.5 Å². The Hall–Kier alpha value is -2.94. The fourth-order valence-corrected chi connectivity index (χ4v) is 3.59. The van der Waals surface area contributed by atoms with Gasteiger partial charge in [-0.3, -0.25) is 9.59 Å². The highest BCUT2D eigenvalue weighted by Crippen LogP contribution is 2.24. The van der Waals surface area contributed by atoms with Gasteiger partial charge in [-0.05, 0) is 37.6 Å². The van der Waals surface area contributed by atoms with Crippen LogP contribution in [-0.4, -0.2) is 50.1 Å². The highest BCUT2D eigenvalue weighted by Gasteiger charge is 2.20. The van der Waals surface area contributed by atoms with Crippen molar-refractivity contribution in [2.24, 2.45) is 0 Å². The van der Waals surface area contributed by atoms with Crippen molar-refractivity contribution < 1.29 is 14.3 Å². The van der Waals surface area contributed by atoms with Crippen LogP contribution >= 0.6 is 11.8 Å². The molecule has 2 aromatic heterocycles.